The zero-order valence-corrected chi connectivity index (χ0v) is 15.8. The molecule has 0 heteroatoms. The second-order valence-corrected chi connectivity index (χ2v) is 8.68. The summed E-state index contributed by atoms with van der Waals surface area (Å²) >= 11 is 0. The average Bonchev–Trinajstić information content (AvgIpc) is 3.20. The number of unbranched alkanes of at least 4 members (excludes halogenated alkanes) is 1. The number of hydrogen-bond acceptors (Lipinski definition) is 0. The molecule has 5 atom stereocenters. The van der Waals surface area contributed by atoms with E-state index in [-0.39, 0.29) is 0 Å². The number of hydrogen-bond donors (Lipinski definition) is 0. The van der Waals surface area contributed by atoms with Gasteiger partial charge in [-0.1, -0.05) is 81.3 Å². The molecule has 2 bridgehead atoms. The van der Waals surface area contributed by atoms with Gasteiger partial charge >= 0.3 is 0 Å². The fraction of sp³-hybridized carbons (Fsp3) is 0.520. The average molecular weight is 333 g/mol. The third-order valence-corrected chi connectivity index (χ3v) is 7.39. The minimum atomic E-state index is 0.981. The first-order valence-corrected chi connectivity index (χ1v) is 10.4. The van der Waals surface area contributed by atoms with Crippen molar-refractivity contribution in [2.45, 2.75) is 52.4 Å². The molecule has 4 rings (SSSR count). The molecule has 2 aliphatic rings. The van der Waals surface area contributed by atoms with Gasteiger partial charge in [-0.3, -0.25) is 0 Å². The van der Waals surface area contributed by atoms with E-state index in [1.54, 1.807) is 0 Å². The van der Waals surface area contributed by atoms with E-state index < -0.39 is 0 Å². The molecular weight excluding hydrogens is 300 g/mol. The van der Waals surface area contributed by atoms with Gasteiger partial charge < -0.3 is 0 Å². The van der Waals surface area contributed by atoms with Crippen molar-refractivity contribution < 1.29 is 0 Å². The summed E-state index contributed by atoms with van der Waals surface area (Å²) in [6.07, 6.45) is 8.54. The summed E-state index contributed by atoms with van der Waals surface area (Å²) in [5.74, 6) is 5.11. The molecule has 2 saturated carbocycles. The monoisotopic (exact) mass is 332 g/mol. The first-order chi connectivity index (χ1) is 12.2. The molecule has 0 heterocycles. The quantitative estimate of drug-likeness (QED) is 0.500. The van der Waals surface area contributed by atoms with Crippen molar-refractivity contribution in [3.8, 4) is 11.1 Å². The van der Waals surface area contributed by atoms with Crippen molar-refractivity contribution in [1.82, 2.24) is 0 Å². The highest BCUT2D eigenvalue weighted by molar-refractivity contribution is 5.63. The lowest BCUT2D eigenvalue weighted by Gasteiger charge is -2.31. The third kappa shape index (κ3) is 3.54. The number of aryl methyl sites for hydroxylation is 1. The summed E-state index contributed by atoms with van der Waals surface area (Å²) in [5.41, 5.74) is 4.14. The van der Waals surface area contributed by atoms with Crippen LogP contribution in [0.1, 0.15) is 51.5 Å². The van der Waals surface area contributed by atoms with Crippen molar-refractivity contribution in [3.05, 3.63) is 60.2 Å². The van der Waals surface area contributed by atoms with Gasteiger partial charge in [0.25, 0.3) is 0 Å². The molecule has 0 N–H and O–H groups in total. The summed E-state index contributed by atoms with van der Waals surface area (Å²) in [6, 6.07) is 19.9. The number of rotatable bonds is 6. The molecule has 0 nitrogen and oxygen atoms in total. The van der Waals surface area contributed by atoms with Gasteiger partial charge in [-0.2, -0.15) is 0 Å². The van der Waals surface area contributed by atoms with Crippen LogP contribution in [0.25, 0.3) is 11.1 Å². The maximum atomic E-state index is 2.51. The van der Waals surface area contributed by atoms with E-state index in [4.69, 9.17) is 0 Å². The molecule has 0 spiro atoms. The predicted octanol–water partition coefficient (Wildman–Crippen LogP) is 6.99. The summed E-state index contributed by atoms with van der Waals surface area (Å²) < 4.78 is 0. The molecule has 2 fully saturated rings. The fourth-order valence-corrected chi connectivity index (χ4v) is 5.66. The Morgan fingerprint density at radius 2 is 1.48 bits per heavy atom. The van der Waals surface area contributed by atoms with Crippen LogP contribution >= 0.6 is 0 Å². The van der Waals surface area contributed by atoms with E-state index in [9.17, 15) is 0 Å². The molecule has 25 heavy (non-hydrogen) atoms. The van der Waals surface area contributed by atoms with E-state index in [2.05, 4.69) is 68.4 Å². The van der Waals surface area contributed by atoms with Crippen LogP contribution in [0.2, 0.25) is 0 Å². The van der Waals surface area contributed by atoms with E-state index in [0.717, 1.165) is 29.6 Å². The fourth-order valence-electron chi connectivity index (χ4n) is 5.66. The highest BCUT2D eigenvalue weighted by Gasteiger charge is 2.47. The first kappa shape index (κ1) is 16.9. The number of fused-ring (bicyclic) bond motifs is 2. The maximum Gasteiger partial charge on any atom is -0.0184 e. The molecule has 0 aliphatic heterocycles. The lowest BCUT2D eigenvalue weighted by atomic mass is 9.74. The minimum absolute atomic E-state index is 0.981. The van der Waals surface area contributed by atoms with Crippen LogP contribution in [0.4, 0.5) is 0 Å². The van der Waals surface area contributed by atoms with Crippen molar-refractivity contribution in [2.75, 3.05) is 0 Å². The van der Waals surface area contributed by atoms with Gasteiger partial charge in [0.2, 0.25) is 0 Å². The van der Waals surface area contributed by atoms with Crippen LogP contribution in [0.3, 0.4) is 0 Å². The molecule has 5 unspecified atom stereocenters. The van der Waals surface area contributed by atoms with Gasteiger partial charge in [0.15, 0.2) is 0 Å². The molecular formula is C25H32. The molecule has 0 amide bonds. The van der Waals surface area contributed by atoms with Crippen molar-refractivity contribution in [2.24, 2.45) is 29.6 Å². The Balaban J connectivity index is 1.23. The summed E-state index contributed by atoms with van der Waals surface area (Å²) in [6.45, 7) is 5.00. The Kier molecular flexibility index (Phi) is 4.97. The number of benzene rings is 2. The predicted molar refractivity (Wildman–Crippen MR) is 107 cm³/mol. The Morgan fingerprint density at radius 1 is 0.760 bits per heavy atom. The Hall–Kier alpha value is -1.56. The molecule has 2 aromatic carbocycles. The van der Waals surface area contributed by atoms with Gasteiger partial charge in [0.1, 0.15) is 0 Å². The summed E-state index contributed by atoms with van der Waals surface area (Å²) in [5, 5.41) is 0. The van der Waals surface area contributed by atoms with Gasteiger partial charge in [-0.15, -0.1) is 0 Å². The van der Waals surface area contributed by atoms with Crippen molar-refractivity contribution in [1.29, 1.82) is 0 Å². The standard InChI is InChI=1S/C25H32/c1-18-19(2)25-17-24(18)16-23(25)11-7-6-8-20-12-14-22(15-13-20)21-9-4-3-5-10-21/h3-5,9-10,12-15,18-19,23-25H,6-8,11,16-17H2,1-2H3. The third-order valence-electron chi connectivity index (χ3n) is 7.39. The minimum Gasteiger partial charge on any atom is -0.0622 e. The van der Waals surface area contributed by atoms with Gasteiger partial charge in [0, 0.05) is 0 Å². The first-order valence-electron chi connectivity index (χ1n) is 10.4. The molecule has 2 aliphatic carbocycles. The molecule has 132 valence electrons. The summed E-state index contributed by atoms with van der Waals surface area (Å²) in [4.78, 5) is 0. The van der Waals surface area contributed by atoms with E-state index in [0.29, 0.717) is 0 Å². The van der Waals surface area contributed by atoms with E-state index in [1.165, 1.54) is 55.2 Å². The molecule has 0 aromatic heterocycles. The van der Waals surface area contributed by atoms with Crippen molar-refractivity contribution >= 4 is 0 Å². The van der Waals surface area contributed by atoms with Crippen LogP contribution < -0.4 is 0 Å². The largest absolute Gasteiger partial charge is 0.0622 e. The second-order valence-electron chi connectivity index (χ2n) is 8.68. The van der Waals surface area contributed by atoms with Crippen LogP contribution in [0.5, 0.6) is 0 Å². The normalized spacial score (nSPS) is 30.7. The lowest BCUT2D eigenvalue weighted by Crippen LogP contribution is -2.24. The zero-order chi connectivity index (χ0) is 17.2. The molecule has 0 saturated heterocycles. The Morgan fingerprint density at radius 3 is 2.16 bits per heavy atom. The van der Waals surface area contributed by atoms with Crippen molar-refractivity contribution in [3.63, 3.8) is 0 Å². The van der Waals surface area contributed by atoms with Crippen LogP contribution in [-0.4, -0.2) is 0 Å². The van der Waals surface area contributed by atoms with Gasteiger partial charge in [-0.05, 0) is 72.0 Å². The van der Waals surface area contributed by atoms with Crippen LogP contribution in [0, 0.1) is 29.6 Å². The topological polar surface area (TPSA) is 0 Å². The van der Waals surface area contributed by atoms with Crippen LogP contribution in [-0.2, 0) is 6.42 Å². The second kappa shape index (κ2) is 7.36. The van der Waals surface area contributed by atoms with E-state index in [1.807, 2.05) is 0 Å². The smallest absolute Gasteiger partial charge is 0.0184 e. The molecule has 0 radical (unpaired) electrons. The maximum absolute atomic E-state index is 2.51. The van der Waals surface area contributed by atoms with Crippen LogP contribution in [0.15, 0.2) is 54.6 Å². The van der Waals surface area contributed by atoms with Gasteiger partial charge in [-0.25, -0.2) is 0 Å². The van der Waals surface area contributed by atoms with E-state index >= 15 is 0 Å². The Bertz CT molecular complexity index is 667. The SMILES string of the molecule is CC1C2CC(CCCCc3ccc(-c4ccccc4)cc3)C(C2)C1C. The molecule has 2 aromatic rings. The highest BCUT2D eigenvalue weighted by atomic mass is 14.5. The lowest BCUT2D eigenvalue weighted by molar-refractivity contribution is 0.179. The summed E-state index contributed by atoms with van der Waals surface area (Å²) in [7, 11) is 0. The highest BCUT2D eigenvalue weighted by Crippen LogP contribution is 2.56. The Labute approximate surface area is 153 Å². The zero-order valence-electron chi connectivity index (χ0n) is 15.8. The van der Waals surface area contributed by atoms with Gasteiger partial charge in [0.05, 0.1) is 0 Å².